The summed E-state index contributed by atoms with van der Waals surface area (Å²) in [6.45, 7) is 0. The Bertz CT molecular complexity index is 451. The first-order valence-corrected chi connectivity index (χ1v) is 6.36. The monoisotopic (exact) mass is 275 g/mol. The van der Waals surface area contributed by atoms with Gasteiger partial charge >= 0.3 is 0 Å². The van der Waals surface area contributed by atoms with Gasteiger partial charge in [-0.05, 0) is 30.9 Å². The van der Waals surface area contributed by atoms with Crippen molar-refractivity contribution >= 4 is 29.5 Å². The lowest BCUT2D eigenvalue weighted by atomic mass is 10.2. The Hall–Kier alpha value is -0.940. The Balaban J connectivity index is 2.13. The number of hydrogen-bond donors (Lipinski definition) is 1. The van der Waals surface area contributed by atoms with Crippen molar-refractivity contribution in [2.24, 2.45) is 0 Å². The van der Waals surface area contributed by atoms with Crippen molar-refractivity contribution in [3.8, 4) is 5.75 Å². The van der Waals surface area contributed by atoms with Crippen LogP contribution in [-0.4, -0.2) is 18.3 Å². The number of carbonyl (C=O) groups is 1. The van der Waals surface area contributed by atoms with Gasteiger partial charge in [0.1, 0.15) is 11.6 Å². The SMILES string of the molecule is COc1cc(F)c(C(=O)NSC2CC2)cc1Cl. The highest BCUT2D eigenvalue weighted by Crippen LogP contribution is 2.32. The molecule has 1 aromatic carbocycles. The highest BCUT2D eigenvalue weighted by Gasteiger charge is 2.24. The number of rotatable bonds is 4. The molecule has 17 heavy (non-hydrogen) atoms. The molecule has 0 aliphatic heterocycles. The summed E-state index contributed by atoms with van der Waals surface area (Å²) in [4.78, 5) is 11.7. The highest BCUT2D eigenvalue weighted by atomic mass is 35.5. The average Bonchev–Trinajstić information content (AvgIpc) is 3.12. The first kappa shape index (κ1) is 12.5. The Morgan fingerprint density at radius 2 is 2.29 bits per heavy atom. The van der Waals surface area contributed by atoms with E-state index >= 15 is 0 Å². The van der Waals surface area contributed by atoms with Crippen molar-refractivity contribution in [3.05, 3.63) is 28.5 Å². The number of amides is 1. The van der Waals surface area contributed by atoms with Gasteiger partial charge in [0.2, 0.25) is 0 Å². The zero-order valence-electron chi connectivity index (χ0n) is 9.13. The Morgan fingerprint density at radius 1 is 1.59 bits per heavy atom. The first-order chi connectivity index (χ1) is 8.11. The third kappa shape index (κ3) is 3.04. The molecule has 0 radical (unpaired) electrons. The smallest absolute Gasteiger partial charge is 0.264 e. The van der Waals surface area contributed by atoms with Crippen LogP contribution in [0, 0.1) is 5.82 Å². The molecule has 0 bridgehead atoms. The topological polar surface area (TPSA) is 38.3 Å². The zero-order chi connectivity index (χ0) is 12.4. The van der Waals surface area contributed by atoms with Crippen LogP contribution in [0.1, 0.15) is 23.2 Å². The lowest BCUT2D eigenvalue weighted by Gasteiger charge is -2.08. The maximum absolute atomic E-state index is 13.6. The summed E-state index contributed by atoms with van der Waals surface area (Å²) >= 11 is 7.17. The van der Waals surface area contributed by atoms with Crippen LogP contribution in [0.3, 0.4) is 0 Å². The molecule has 1 saturated carbocycles. The van der Waals surface area contributed by atoms with Crippen molar-refractivity contribution in [2.75, 3.05) is 7.11 Å². The standard InChI is InChI=1S/C11H11ClFNO2S/c1-16-10-5-9(13)7(4-8(10)12)11(15)14-17-6-2-3-6/h4-6H,2-3H2,1H3,(H,14,15). The molecule has 0 aromatic heterocycles. The van der Waals surface area contributed by atoms with Gasteiger partial charge in [-0.15, -0.1) is 0 Å². The van der Waals surface area contributed by atoms with Gasteiger partial charge in [-0.25, -0.2) is 4.39 Å². The fourth-order valence-electron chi connectivity index (χ4n) is 1.24. The van der Waals surface area contributed by atoms with Crippen LogP contribution in [0.15, 0.2) is 12.1 Å². The van der Waals surface area contributed by atoms with Gasteiger partial charge in [-0.3, -0.25) is 9.52 Å². The summed E-state index contributed by atoms with van der Waals surface area (Å²) in [6.07, 6.45) is 2.19. The van der Waals surface area contributed by atoms with E-state index in [1.807, 2.05) is 0 Å². The van der Waals surface area contributed by atoms with Crippen LogP contribution < -0.4 is 9.46 Å². The van der Waals surface area contributed by atoms with Crippen LogP contribution in [0.4, 0.5) is 4.39 Å². The summed E-state index contributed by atoms with van der Waals surface area (Å²) in [5, 5.41) is 0.686. The Morgan fingerprint density at radius 3 is 2.88 bits per heavy atom. The van der Waals surface area contributed by atoms with Gasteiger partial charge in [0.05, 0.1) is 17.7 Å². The second kappa shape index (κ2) is 5.14. The fourth-order valence-corrected chi connectivity index (χ4v) is 2.23. The largest absolute Gasteiger partial charge is 0.495 e. The van der Waals surface area contributed by atoms with Crippen molar-refractivity contribution in [2.45, 2.75) is 18.1 Å². The van der Waals surface area contributed by atoms with Crippen LogP contribution >= 0.6 is 23.5 Å². The summed E-state index contributed by atoms with van der Waals surface area (Å²) in [7, 11) is 1.39. The molecule has 0 spiro atoms. The lowest BCUT2D eigenvalue weighted by molar-refractivity contribution is 0.0980. The van der Waals surface area contributed by atoms with Gasteiger partial charge in [-0.1, -0.05) is 11.6 Å². The van der Waals surface area contributed by atoms with E-state index in [0.717, 1.165) is 18.9 Å². The minimum atomic E-state index is -0.639. The molecule has 0 atom stereocenters. The van der Waals surface area contributed by atoms with Gasteiger partial charge in [0, 0.05) is 11.3 Å². The lowest BCUT2D eigenvalue weighted by Crippen LogP contribution is -2.18. The van der Waals surface area contributed by atoms with Crippen molar-refractivity contribution in [3.63, 3.8) is 0 Å². The van der Waals surface area contributed by atoms with Crippen molar-refractivity contribution < 1.29 is 13.9 Å². The normalized spacial score (nSPS) is 14.5. The predicted octanol–water partition coefficient (Wildman–Crippen LogP) is 3.03. The number of halogens is 2. The first-order valence-electron chi connectivity index (χ1n) is 5.11. The summed E-state index contributed by atoms with van der Waals surface area (Å²) in [5.41, 5.74) is -0.0658. The molecule has 0 heterocycles. The number of ether oxygens (including phenoxy) is 1. The van der Waals surface area contributed by atoms with Crippen LogP contribution in [0.25, 0.3) is 0 Å². The van der Waals surface area contributed by atoms with E-state index in [2.05, 4.69) is 4.72 Å². The minimum Gasteiger partial charge on any atom is -0.495 e. The van der Waals surface area contributed by atoms with Crippen molar-refractivity contribution in [1.82, 2.24) is 4.72 Å². The highest BCUT2D eigenvalue weighted by molar-refractivity contribution is 7.98. The second-order valence-corrected chi connectivity index (χ2v) is 5.23. The molecule has 92 valence electrons. The molecule has 0 unspecified atom stereocenters. The van der Waals surface area contributed by atoms with Crippen LogP contribution in [-0.2, 0) is 0 Å². The predicted molar refractivity (Wildman–Crippen MR) is 66.0 cm³/mol. The molecule has 1 fully saturated rings. The molecule has 3 nitrogen and oxygen atoms in total. The number of methoxy groups -OCH3 is 1. The van der Waals surface area contributed by atoms with Crippen LogP contribution in [0.2, 0.25) is 5.02 Å². The number of nitrogens with one attached hydrogen (secondary N) is 1. The Labute approximate surface area is 108 Å². The molecule has 0 saturated heterocycles. The number of hydrogen-bond acceptors (Lipinski definition) is 3. The minimum absolute atomic E-state index is 0.0658. The average molecular weight is 276 g/mol. The van der Waals surface area contributed by atoms with E-state index in [0.29, 0.717) is 5.25 Å². The Kier molecular flexibility index (Phi) is 3.79. The van der Waals surface area contributed by atoms with E-state index in [4.69, 9.17) is 16.3 Å². The van der Waals surface area contributed by atoms with Gasteiger partial charge in [-0.2, -0.15) is 0 Å². The molecule has 1 aliphatic carbocycles. The quantitative estimate of drug-likeness (QED) is 0.859. The van der Waals surface area contributed by atoms with Gasteiger partial charge in [0.15, 0.2) is 0 Å². The maximum atomic E-state index is 13.6. The number of carbonyl (C=O) groups excluding carboxylic acids is 1. The van der Waals surface area contributed by atoms with E-state index in [9.17, 15) is 9.18 Å². The van der Waals surface area contributed by atoms with E-state index < -0.39 is 11.7 Å². The van der Waals surface area contributed by atoms with E-state index in [-0.39, 0.29) is 16.3 Å². The van der Waals surface area contributed by atoms with Crippen molar-refractivity contribution in [1.29, 1.82) is 0 Å². The molecule has 1 aliphatic rings. The molecule has 2 rings (SSSR count). The van der Waals surface area contributed by atoms with Gasteiger partial charge in [0.25, 0.3) is 5.91 Å². The van der Waals surface area contributed by atoms with E-state index in [1.165, 1.54) is 25.1 Å². The zero-order valence-corrected chi connectivity index (χ0v) is 10.7. The molecule has 1 aromatic rings. The summed E-state index contributed by atoms with van der Waals surface area (Å²) in [5.74, 6) is -0.889. The van der Waals surface area contributed by atoms with Gasteiger partial charge < -0.3 is 4.74 Å². The third-order valence-electron chi connectivity index (χ3n) is 2.33. The second-order valence-electron chi connectivity index (χ2n) is 3.71. The molecule has 6 heteroatoms. The summed E-state index contributed by atoms with van der Waals surface area (Å²) < 4.78 is 21.1. The maximum Gasteiger partial charge on any atom is 0.264 e. The molecule has 1 N–H and O–H groups in total. The van der Waals surface area contributed by atoms with E-state index in [1.54, 1.807) is 0 Å². The third-order valence-corrected chi connectivity index (χ3v) is 3.73. The summed E-state index contributed by atoms with van der Waals surface area (Å²) in [6, 6.07) is 2.39. The van der Waals surface area contributed by atoms with Crippen LogP contribution in [0.5, 0.6) is 5.75 Å². The molecular formula is C11H11ClFNO2S. The fraction of sp³-hybridized carbons (Fsp3) is 0.364. The number of benzene rings is 1. The molecular weight excluding hydrogens is 265 g/mol. The molecule has 1 amide bonds.